The highest BCUT2D eigenvalue weighted by Crippen LogP contribution is 2.50. The van der Waals surface area contributed by atoms with Crippen LogP contribution in [0.15, 0.2) is 12.2 Å². The molecule has 3 rings (SSSR count). The number of rotatable bonds is 22. The first-order valence-corrected chi connectivity index (χ1v) is 17.9. The van der Waals surface area contributed by atoms with Crippen molar-refractivity contribution in [2.45, 2.75) is 174 Å². The highest BCUT2D eigenvalue weighted by atomic mass is 14.4. The lowest BCUT2D eigenvalue weighted by molar-refractivity contribution is 0.159. The van der Waals surface area contributed by atoms with Crippen molar-refractivity contribution in [2.75, 3.05) is 0 Å². The molecule has 0 aromatic heterocycles. The maximum atomic E-state index is 4.52. The minimum absolute atomic E-state index is 0.861. The second-order valence-corrected chi connectivity index (χ2v) is 14.3. The maximum Gasteiger partial charge on any atom is -0.0177 e. The monoisotopic (exact) mass is 525 g/mol. The van der Waals surface area contributed by atoms with Crippen molar-refractivity contribution in [3.05, 3.63) is 26.0 Å². The van der Waals surface area contributed by atoms with Gasteiger partial charge in [-0.3, -0.25) is 0 Å². The van der Waals surface area contributed by atoms with Gasteiger partial charge in [-0.25, -0.2) is 0 Å². The fourth-order valence-electron chi connectivity index (χ4n) is 8.77. The van der Waals surface area contributed by atoms with Crippen LogP contribution in [0.5, 0.6) is 0 Å². The van der Waals surface area contributed by atoms with E-state index in [-0.39, 0.29) is 0 Å². The van der Waals surface area contributed by atoms with Gasteiger partial charge in [-0.2, -0.15) is 0 Å². The summed E-state index contributed by atoms with van der Waals surface area (Å²) in [6.07, 6.45) is 37.3. The van der Waals surface area contributed by atoms with Crippen LogP contribution in [0.25, 0.3) is 0 Å². The van der Waals surface area contributed by atoms with Gasteiger partial charge < -0.3 is 0 Å². The van der Waals surface area contributed by atoms with E-state index in [9.17, 15) is 0 Å². The number of unbranched alkanes of at least 4 members (excludes halogenated alkanes) is 12. The molecule has 7 atom stereocenters. The summed E-state index contributed by atoms with van der Waals surface area (Å²) in [6.45, 7) is 15.3. The Kier molecular flexibility index (Phi) is 16.1. The Morgan fingerprint density at radius 3 is 1.89 bits per heavy atom. The average molecular weight is 525 g/mol. The molecule has 220 valence electrons. The molecule has 0 nitrogen and oxygen atoms in total. The van der Waals surface area contributed by atoms with E-state index in [0.29, 0.717) is 0 Å². The van der Waals surface area contributed by atoms with Gasteiger partial charge in [0.05, 0.1) is 0 Å². The molecule has 0 amide bonds. The third kappa shape index (κ3) is 11.7. The molecular weight excluding hydrogens is 456 g/mol. The minimum atomic E-state index is 0.861. The summed E-state index contributed by atoms with van der Waals surface area (Å²) in [5.74, 6) is 6.81. The molecule has 3 saturated carbocycles. The summed E-state index contributed by atoms with van der Waals surface area (Å²) in [7, 11) is 0. The number of allylic oxidation sites excluding steroid dienone is 1. The van der Waals surface area contributed by atoms with Gasteiger partial charge in [-0.15, -0.1) is 0 Å². The highest BCUT2D eigenvalue weighted by molar-refractivity contribution is 5.08. The molecule has 3 aliphatic rings. The molecule has 38 heavy (non-hydrogen) atoms. The summed E-state index contributed by atoms with van der Waals surface area (Å²) in [6, 6.07) is 0. The lowest BCUT2D eigenvalue weighted by Crippen LogP contribution is -2.25. The maximum absolute atomic E-state index is 4.52. The van der Waals surface area contributed by atoms with Crippen molar-refractivity contribution in [3.63, 3.8) is 0 Å². The van der Waals surface area contributed by atoms with Gasteiger partial charge in [0.25, 0.3) is 0 Å². The fourth-order valence-corrected chi connectivity index (χ4v) is 8.77. The zero-order valence-corrected chi connectivity index (χ0v) is 26.0. The fraction of sp³-hybridized carbons (Fsp3) is 0.895. The minimum Gasteiger partial charge on any atom is -0.0996 e. The number of hydrogen-bond acceptors (Lipinski definition) is 0. The van der Waals surface area contributed by atoms with Crippen LogP contribution >= 0.6 is 0 Å². The Bertz CT molecular complexity index is 603. The van der Waals surface area contributed by atoms with Crippen LogP contribution in [0.4, 0.5) is 0 Å². The van der Waals surface area contributed by atoms with E-state index in [1.165, 1.54) is 154 Å². The molecule has 0 saturated heterocycles. The van der Waals surface area contributed by atoms with Crippen molar-refractivity contribution >= 4 is 0 Å². The molecule has 0 bridgehead atoms. The third-order valence-corrected chi connectivity index (χ3v) is 11.4. The molecule has 0 heteroatoms. The second-order valence-electron chi connectivity index (χ2n) is 14.3. The first-order valence-electron chi connectivity index (χ1n) is 17.9. The molecular formula is C38H68. The summed E-state index contributed by atoms with van der Waals surface area (Å²) >= 11 is 0. The Hall–Kier alpha value is -0.260. The zero-order chi connectivity index (χ0) is 27.0. The highest BCUT2D eigenvalue weighted by Gasteiger charge is 2.39. The van der Waals surface area contributed by atoms with Gasteiger partial charge in [0.15, 0.2) is 0 Å². The van der Waals surface area contributed by atoms with E-state index < -0.39 is 0 Å². The summed E-state index contributed by atoms with van der Waals surface area (Å²) in [5, 5.41) is 0. The third-order valence-electron chi connectivity index (χ3n) is 11.4. The van der Waals surface area contributed by atoms with Crippen molar-refractivity contribution in [2.24, 2.45) is 41.4 Å². The van der Waals surface area contributed by atoms with Crippen LogP contribution in [0.2, 0.25) is 0 Å². The van der Waals surface area contributed by atoms with Gasteiger partial charge >= 0.3 is 0 Å². The van der Waals surface area contributed by atoms with Crippen LogP contribution in [0.1, 0.15) is 174 Å². The lowest BCUT2D eigenvalue weighted by atomic mass is 9.70. The van der Waals surface area contributed by atoms with E-state index in [0.717, 1.165) is 47.8 Å². The normalized spacial score (nSPS) is 30.1. The zero-order valence-electron chi connectivity index (χ0n) is 26.0. The number of hydrogen-bond donors (Lipinski definition) is 0. The van der Waals surface area contributed by atoms with E-state index >= 15 is 0 Å². The van der Waals surface area contributed by atoms with Gasteiger partial charge in [-0.05, 0) is 86.4 Å². The van der Waals surface area contributed by atoms with Crippen LogP contribution in [-0.2, 0) is 0 Å². The molecule has 3 fully saturated rings. The molecule has 0 aromatic rings. The predicted molar refractivity (Wildman–Crippen MR) is 170 cm³/mol. The van der Waals surface area contributed by atoms with Crippen LogP contribution in [0, 0.1) is 55.3 Å². The topological polar surface area (TPSA) is 0 Å². The Balaban J connectivity index is 1.17. The van der Waals surface area contributed by atoms with Gasteiger partial charge in [0.2, 0.25) is 0 Å². The predicted octanol–water partition coefficient (Wildman–Crippen LogP) is 12.7. The molecule has 3 aliphatic carbocycles. The standard InChI is InChI=1S/C38H68/c1-5-7-8-9-10-11-12-13-14-15-16-17-23-34-28-27-31(3)37(34)25-21-19-24-35-30-36(35)29-32(4)38-26-20-18-22-33(38)6-2/h32-38H,1-3,5-30H2,4H3. The Morgan fingerprint density at radius 1 is 0.632 bits per heavy atom. The molecule has 0 aliphatic heterocycles. The average Bonchev–Trinajstić information content (AvgIpc) is 3.58. The van der Waals surface area contributed by atoms with Crippen molar-refractivity contribution in [1.82, 2.24) is 0 Å². The quantitative estimate of drug-likeness (QED) is 0.0975. The lowest BCUT2D eigenvalue weighted by Gasteiger charge is -2.35. The first kappa shape index (κ1) is 32.3. The largest absolute Gasteiger partial charge is 0.0996 e. The van der Waals surface area contributed by atoms with Gasteiger partial charge in [0, 0.05) is 0 Å². The summed E-state index contributed by atoms with van der Waals surface area (Å²) in [5.41, 5.74) is 1.61. The van der Waals surface area contributed by atoms with Gasteiger partial charge in [-0.1, -0.05) is 155 Å². The van der Waals surface area contributed by atoms with Crippen LogP contribution in [0.3, 0.4) is 0 Å². The SMILES string of the molecule is [CH2]CCCCCCCCCCCCCC1CCC(=C)C1CCCCC1CC1CC(C)C1CCCCC1C[CH2]. The molecule has 2 radical (unpaired) electrons. The molecule has 7 unspecified atom stereocenters. The molecule has 0 heterocycles. The van der Waals surface area contributed by atoms with E-state index in [4.69, 9.17) is 0 Å². The second kappa shape index (κ2) is 19.0. The van der Waals surface area contributed by atoms with E-state index in [1.807, 2.05) is 0 Å². The Labute approximate surface area is 241 Å². The van der Waals surface area contributed by atoms with Crippen LogP contribution in [-0.4, -0.2) is 0 Å². The smallest absolute Gasteiger partial charge is 0.0177 e. The molecule has 0 N–H and O–H groups in total. The Morgan fingerprint density at radius 2 is 1.21 bits per heavy atom. The van der Waals surface area contributed by atoms with Crippen LogP contribution < -0.4 is 0 Å². The molecule has 0 aromatic carbocycles. The van der Waals surface area contributed by atoms with E-state index in [2.05, 4.69) is 27.4 Å². The van der Waals surface area contributed by atoms with E-state index in [1.54, 1.807) is 12.0 Å². The summed E-state index contributed by atoms with van der Waals surface area (Å²) < 4.78 is 0. The van der Waals surface area contributed by atoms with Crippen molar-refractivity contribution in [1.29, 1.82) is 0 Å². The molecule has 0 spiro atoms. The summed E-state index contributed by atoms with van der Waals surface area (Å²) in [4.78, 5) is 0. The van der Waals surface area contributed by atoms with Crippen molar-refractivity contribution < 1.29 is 0 Å². The first-order chi connectivity index (χ1) is 18.6. The van der Waals surface area contributed by atoms with Gasteiger partial charge in [0.1, 0.15) is 0 Å². The van der Waals surface area contributed by atoms with Crippen molar-refractivity contribution in [3.8, 4) is 0 Å².